The van der Waals surface area contributed by atoms with Crippen molar-refractivity contribution in [1.29, 1.82) is 0 Å². The van der Waals surface area contributed by atoms with Crippen molar-refractivity contribution in [2.75, 3.05) is 0 Å². The molecule has 0 saturated heterocycles. The first kappa shape index (κ1) is 10.6. The van der Waals surface area contributed by atoms with Gasteiger partial charge >= 0.3 is 5.97 Å². The van der Waals surface area contributed by atoms with Crippen molar-refractivity contribution in [2.24, 2.45) is 0 Å². The normalized spacial score (nSPS) is 11.3. The molecular formula is C7H5FO5S. The lowest BCUT2D eigenvalue weighted by Gasteiger charge is -1.99. The Morgan fingerprint density at radius 3 is 2.29 bits per heavy atom. The van der Waals surface area contributed by atoms with Crippen LogP contribution in [-0.4, -0.2) is 24.0 Å². The van der Waals surface area contributed by atoms with E-state index in [9.17, 15) is 17.6 Å². The van der Waals surface area contributed by atoms with Crippen LogP contribution < -0.4 is 0 Å². The summed E-state index contributed by atoms with van der Waals surface area (Å²) in [7, 11) is -4.50. The van der Waals surface area contributed by atoms with Gasteiger partial charge in [-0.2, -0.15) is 8.42 Å². The number of halogens is 1. The first-order valence-corrected chi connectivity index (χ1v) is 4.76. The first-order valence-electron chi connectivity index (χ1n) is 3.32. The second-order valence-corrected chi connectivity index (χ2v) is 3.84. The molecule has 0 aliphatic carbocycles. The van der Waals surface area contributed by atoms with E-state index >= 15 is 0 Å². The third-order valence-electron chi connectivity index (χ3n) is 1.47. The number of hydrogen-bond donors (Lipinski definition) is 2. The Morgan fingerprint density at radius 2 is 1.93 bits per heavy atom. The topological polar surface area (TPSA) is 91.7 Å². The fourth-order valence-corrected chi connectivity index (χ4v) is 1.32. The van der Waals surface area contributed by atoms with Crippen LogP contribution in [0.15, 0.2) is 23.1 Å². The van der Waals surface area contributed by atoms with Gasteiger partial charge in [0.1, 0.15) is 5.82 Å². The van der Waals surface area contributed by atoms with Gasteiger partial charge in [0.15, 0.2) is 0 Å². The minimum Gasteiger partial charge on any atom is -0.478 e. The Kier molecular flexibility index (Phi) is 2.54. The average Bonchev–Trinajstić information content (AvgIpc) is 2.01. The van der Waals surface area contributed by atoms with Gasteiger partial charge in [0.05, 0.1) is 10.5 Å². The Balaban J connectivity index is 3.34. The lowest BCUT2D eigenvalue weighted by molar-refractivity contribution is 0.0691. The van der Waals surface area contributed by atoms with E-state index in [-0.39, 0.29) is 0 Å². The lowest BCUT2D eigenvalue weighted by atomic mass is 10.2. The molecule has 76 valence electrons. The summed E-state index contributed by atoms with van der Waals surface area (Å²) in [6, 6.07) is 2.02. The molecule has 0 aromatic heterocycles. The zero-order valence-corrected chi connectivity index (χ0v) is 7.45. The summed E-state index contributed by atoms with van der Waals surface area (Å²) in [5, 5.41) is 8.41. The predicted octanol–water partition coefficient (Wildman–Crippen LogP) is 0.771. The van der Waals surface area contributed by atoms with E-state index in [0.29, 0.717) is 6.07 Å². The zero-order chi connectivity index (χ0) is 10.9. The molecule has 1 rings (SSSR count). The van der Waals surface area contributed by atoms with Crippen LogP contribution in [0.3, 0.4) is 0 Å². The smallest absolute Gasteiger partial charge is 0.338 e. The molecule has 0 spiro atoms. The van der Waals surface area contributed by atoms with Gasteiger partial charge in [-0.05, 0) is 18.2 Å². The van der Waals surface area contributed by atoms with Crippen molar-refractivity contribution in [3.8, 4) is 0 Å². The molecule has 0 unspecified atom stereocenters. The number of carboxylic acid groups (broad SMARTS) is 1. The van der Waals surface area contributed by atoms with Crippen LogP contribution in [0, 0.1) is 5.82 Å². The maximum Gasteiger partial charge on any atom is 0.338 e. The summed E-state index contributed by atoms with van der Waals surface area (Å²) < 4.78 is 42.4. The monoisotopic (exact) mass is 220 g/mol. The van der Waals surface area contributed by atoms with Crippen LogP contribution in [0.25, 0.3) is 0 Å². The van der Waals surface area contributed by atoms with Gasteiger partial charge in [-0.3, -0.25) is 4.55 Å². The van der Waals surface area contributed by atoms with Crippen molar-refractivity contribution < 1.29 is 27.3 Å². The highest BCUT2D eigenvalue weighted by Crippen LogP contribution is 2.14. The summed E-state index contributed by atoms with van der Waals surface area (Å²) >= 11 is 0. The molecule has 1 aromatic carbocycles. The number of rotatable bonds is 2. The maximum absolute atomic E-state index is 12.9. The molecule has 0 aliphatic heterocycles. The van der Waals surface area contributed by atoms with Gasteiger partial charge in [-0.1, -0.05) is 0 Å². The Bertz CT molecular complexity index is 479. The van der Waals surface area contributed by atoms with E-state index in [1.54, 1.807) is 0 Å². The highest BCUT2D eigenvalue weighted by atomic mass is 32.2. The van der Waals surface area contributed by atoms with E-state index < -0.39 is 32.4 Å². The third kappa shape index (κ3) is 2.06. The van der Waals surface area contributed by atoms with Crippen LogP contribution in [0.5, 0.6) is 0 Å². The van der Waals surface area contributed by atoms with E-state index in [0.717, 1.165) is 12.1 Å². The summed E-state index contributed by atoms with van der Waals surface area (Å²) in [4.78, 5) is 9.65. The van der Waals surface area contributed by atoms with Crippen LogP contribution in [0.4, 0.5) is 4.39 Å². The molecule has 0 bridgehead atoms. The minimum atomic E-state index is -4.50. The van der Waals surface area contributed by atoms with Crippen molar-refractivity contribution in [2.45, 2.75) is 4.90 Å². The van der Waals surface area contributed by atoms with Crippen LogP contribution in [0.1, 0.15) is 10.4 Å². The number of aromatic carboxylic acids is 1. The van der Waals surface area contributed by atoms with Crippen LogP contribution in [-0.2, 0) is 10.1 Å². The number of carbonyl (C=O) groups is 1. The summed E-state index contributed by atoms with van der Waals surface area (Å²) in [5.41, 5.74) is -0.655. The number of hydrogen-bond acceptors (Lipinski definition) is 3. The van der Waals surface area contributed by atoms with Gasteiger partial charge in [-0.15, -0.1) is 0 Å². The highest BCUT2D eigenvalue weighted by molar-refractivity contribution is 7.85. The molecule has 0 saturated carbocycles. The number of carboxylic acids is 1. The van der Waals surface area contributed by atoms with Crippen molar-refractivity contribution in [3.05, 3.63) is 29.6 Å². The fraction of sp³-hybridized carbons (Fsp3) is 0. The summed E-state index contributed by atoms with van der Waals surface area (Å²) in [6.07, 6.45) is 0. The van der Waals surface area contributed by atoms with Crippen LogP contribution in [0.2, 0.25) is 0 Å². The Hall–Kier alpha value is -1.47. The van der Waals surface area contributed by atoms with E-state index in [4.69, 9.17) is 9.66 Å². The minimum absolute atomic E-state index is 0.443. The molecular weight excluding hydrogens is 215 g/mol. The second-order valence-electron chi connectivity index (χ2n) is 2.42. The van der Waals surface area contributed by atoms with E-state index in [1.807, 2.05) is 0 Å². The molecule has 0 amide bonds. The van der Waals surface area contributed by atoms with Gasteiger partial charge < -0.3 is 5.11 Å². The highest BCUT2D eigenvalue weighted by Gasteiger charge is 2.15. The molecule has 0 aliphatic rings. The van der Waals surface area contributed by atoms with Crippen molar-refractivity contribution in [1.82, 2.24) is 0 Å². The molecule has 1 aromatic rings. The van der Waals surface area contributed by atoms with Gasteiger partial charge in [0, 0.05) is 0 Å². The van der Waals surface area contributed by atoms with Gasteiger partial charge in [0.2, 0.25) is 0 Å². The maximum atomic E-state index is 12.9. The standard InChI is InChI=1S/C7H5FO5S/c8-6-3-4(14(11,12)13)1-2-5(6)7(9)10/h1-3H,(H,9,10)(H,11,12,13). The third-order valence-corrected chi connectivity index (χ3v) is 2.32. The molecule has 5 nitrogen and oxygen atoms in total. The Labute approximate surface area is 78.5 Å². The van der Waals surface area contributed by atoms with Crippen molar-refractivity contribution >= 4 is 16.1 Å². The Morgan fingerprint density at radius 1 is 1.36 bits per heavy atom. The predicted molar refractivity (Wildman–Crippen MR) is 43.2 cm³/mol. The SMILES string of the molecule is O=C(O)c1ccc(S(=O)(=O)O)cc1F. The van der Waals surface area contributed by atoms with Gasteiger partial charge in [-0.25, -0.2) is 9.18 Å². The lowest BCUT2D eigenvalue weighted by Crippen LogP contribution is -2.04. The molecule has 0 fully saturated rings. The van der Waals surface area contributed by atoms with E-state index in [2.05, 4.69) is 0 Å². The fourth-order valence-electron chi connectivity index (χ4n) is 0.830. The molecule has 14 heavy (non-hydrogen) atoms. The van der Waals surface area contributed by atoms with Crippen LogP contribution >= 0.6 is 0 Å². The zero-order valence-electron chi connectivity index (χ0n) is 6.64. The second kappa shape index (κ2) is 3.35. The number of benzene rings is 1. The molecule has 0 radical (unpaired) electrons. The summed E-state index contributed by atoms with van der Waals surface area (Å²) in [6.45, 7) is 0. The van der Waals surface area contributed by atoms with Crippen molar-refractivity contribution in [3.63, 3.8) is 0 Å². The summed E-state index contributed by atoms with van der Waals surface area (Å²) in [5.74, 6) is -2.72. The molecule has 2 N–H and O–H groups in total. The molecule has 7 heteroatoms. The molecule has 0 atom stereocenters. The average molecular weight is 220 g/mol. The van der Waals surface area contributed by atoms with E-state index in [1.165, 1.54) is 0 Å². The quantitative estimate of drug-likeness (QED) is 0.718. The molecule has 0 heterocycles. The first-order chi connectivity index (χ1) is 6.32. The van der Waals surface area contributed by atoms with Gasteiger partial charge in [0.25, 0.3) is 10.1 Å². The largest absolute Gasteiger partial charge is 0.478 e.